The second-order valence-electron chi connectivity index (χ2n) is 4.35. The fourth-order valence-corrected chi connectivity index (χ4v) is 4.45. The van der Waals surface area contributed by atoms with Gasteiger partial charge in [-0.05, 0) is 17.7 Å². The molecule has 1 aromatic rings. The summed E-state index contributed by atoms with van der Waals surface area (Å²) in [4.78, 5) is -0.447. The molecule has 2 rings (SSSR count). The summed E-state index contributed by atoms with van der Waals surface area (Å²) in [5.41, 5.74) is 0.701. The standard InChI is InChI=1S/C10H10F3NO5S2/c11-10(12,13)6-20(15,16)14-21(17,18)8-3-1-7(2-4-8)9-5-19-9/h1-4,9,14H,5-6H2. The molecule has 1 fully saturated rings. The van der Waals surface area contributed by atoms with Crippen LogP contribution in [-0.2, 0) is 24.8 Å². The number of ether oxygens (including phenoxy) is 1. The van der Waals surface area contributed by atoms with Crippen molar-refractivity contribution < 1.29 is 34.7 Å². The first-order valence-electron chi connectivity index (χ1n) is 5.53. The SMILES string of the molecule is O=S(=O)(CC(F)(F)F)NS(=O)(=O)c1ccc(C2CO2)cc1. The van der Waals surface area contributed by atoms with Gasteiger partial charge in [0.2, 0.25) is 10.0 Å². The Balaban J connectivity index is 2.17. The Morgan fingerprint density at radius 1 is 1.14 bits per heavy atom. The number of hydrogen-bond donors (Lipinski definition) is 1. The molecule has 1 aliphatic rings. The Hall–Kier alpha value is -1.17. The zero-order valence-corrected chi connectivity index (χ0v) is 11.9. The van der Waals surface area contributed by atoms with Crippen molar-refractivity contribution in [3.05, 3.63) is 29.8 Å². The Labute approximate surface area is 119 Å². The molecule has 1 aliphatic heterocycles. The number of alkyl halides is 3. The van der Waals surface area contributed by atoms with Gasteiger partial charge in [-0.3, -0.25) is 0 Å². The van der Waals surface area contributed by atoms with Gasteiger partial charge < -0.3 is 4.74 Å². The smallest absolute Gasteiger partial charge is 0.368 e. The molecule has 1 N–H and O–H groups in total. The first kappa shape index (κ1) is 16.2. The van der Waals surface area contributed by atoms with Gasteiger partial charge in [0.15, 0.2) is 5.75 Å². The van der Waals surface area contributed by atoms with Crippen LogP contribution >= 0.6 is 0 Å². The van der Waals surface area contributed by atoms with Gasteiger partial charge in [0.25, 0.3) is 10.0 Å². The van der Waals surface area contributed by atoms with Crippen LogP contribution in [0.15, 0.2) is 29.2 Å². The molecule has 21 heavy (non-hydrogen) atoms. The van der Waals surface area contributed by atoms with Gasteiger partial charge in [-0.15, -0.1) is 4.13 Å². The van der Waals surface area contributed by atoms with Crippen LogP contribution in [0, 0.1) is 0 Å². The molecule has 0 saturated carbocycles. The van der Waals surface area contributed by atoms with Crippen LogP contribution in [-0.4, -0.2) is 35.4 Å². The monoisotopic (exact) mass is 345 g/mol. The highest BCUT2D eigenvalue weighted by Gasteiger charge is 2.37. The number of rotatable bonds is 5. The summed E-state index contributed by atoms with van der Waals surface area (Å²) in [6.45, 7) is 0.504. The van der Waals surface area contributed by atoms with Crippen LogP contribution in [0.5, 0.6) is 0 Å². The molecular weight excluding hydrogens is 335 g/mol. The minimum Gasteiger partial charge on any atom is -0.368 e. The fourth-order valence-electron chi connectivity index (χ4n) is 1.56. The van der Waals surface area contributed by atoms with Crippen LogP contribution in [0.25, 0.3) is 0 Å². The summed E-state index contributed by atoms with van der Waals surface area (Å²) in [7, 11) is -9.64. The van der Waals surface area contributed by atoms with Gasteiger partial charge in [0.1, 0.15) is 6.10 Å². The minimum absolute atomic E-state index is 0.122. The quantitative estimate of drug-likeness (QED) is 0.802. The Morgan fingerprint density at radius 2 is 1.67 bits per heavy atom. The number of nitrogens with one attached hydrogen (secondary N) is 1. The van der Waals surface area contributed by atoms with E-state index in [0.717, 1.165) is 16.3 Å². The third-order valence-electron chi connectivity index (χ3n) is 2.49. The second-order valence-corrected chi connectivity index (χ2v) is 8.02. The first-order chi connectivity index (χ1) is 9.49. The average molecular weight is 345 g/mol. The second kappa shape index (κ2) is 5.23. The molecule has 1 heterocycles. The summed E-state index contributed by atoms with van der Waals surface area (Å²) >= 11 is 0. The van der Waals surface area contributed by atoms with Crippen molar-refractivity contribution in [1.29, 1.82) is 0 Å². The highest BCUT2D eigenvalue weighted by atomic mass is 32.3. The van der Waals surface area contributed by atoms with Crippen LogP contribution in [0.1, 0.15) is 11.7 Å². The van der Waals surface area contributed by atoms with Crippen LogP contribution < -0.4 is 4.13 Å². The normalized spacial score (nSPS) is 19.5. The molecule has 1 aromatic carbocycles. The van der Waals surface area contributed by atoms with Gasteiger partial charge in [-0.1, -0.05) is 12.1 Å². The zero-order chi connectivity index (χ0) is 15.9. The number of halogens is 3. The molecule has 0 spiro atoms. The van der Waals surface area contributed by atoms with Crippen molar-refractivity contribution >= 4 is 20.0 Å². The van der Waals surface area contributed by atoms with Crippen LogP contribution in [0.2, 0.25) is 0 Å². The van der Waals surface area contributed by atoms with Gasteiger partial charge >= 0.3 is 6.18 Å². The topological polar surface area (TPSA) is 92.8 Å². The third kappa shape index (κ3) is 4.66. The van der Waals surface area contributed by atoms with Crippen molar-refractivity contribution in [2.45, 2.75) is 17.2 Å². The summed E-state index contributed by atoms with van der Waals surface area (Å²) < 4.78 is 88.0. The van der Waals surface area contributed by atoms with Gasteiger partial charge in [0.05, 0.1) is 11.5 Å². The van der Waals surface area contributed by atoms with Crippen molar-refractivity contribution in [2.75, 3.05) is 12.4 Å². The predicted octanol–water partition coefficient (Wildman–Crippen LogP) is 0.928. The average Bonchev–Trinajstić information content (AvgIpc) is 3.07. The predicted molar refractivity (Wildman–Crippen MR) is 65.3 cm³/mol. The highest BCUT2D eigenvalue weighted by molar-refractivity contribution is 8.04. The molecule has 0 radical (unpaired) electrons. The highest BCUT2D eigenvalue weighted by Crippen LogP contribution is 2.30. The Bertz CT molecular complexity index is 721. The first-order valence-corrected chi connectivity index (χ1v) is 8.67. The number of epoxide rings is 1. The summed E-state index contributed by atoms with van der Waals surface area (Å²) in [5.74, 6) is -2.27. The lowest BCUT2D eigenvalue weighted by atomic mass is 10.2. The van der Waals surface area contributed by atoms with Crippen molar-refractivity contribution in [1.82, 2.24) is 4.13 Å². The van der Waals surface area contributed by atoms with E-state index in [2.05, 4.69) is 0 Å². The molecule has 11 heteroatoms. The summed E-state index contributed by atoms with van der Waals surface area (Å²) in [5, 5.41) is 0. The van der Waals surface area contributed by atoms with E-state index >= 15 is 0 Å². The molecule has 1 atom stereocenters. The lowest BCUT2D eigenvalue weighted by molar-refractivity contribution is -0.106. The molecule has 118 valence electrons. The molecular formula is C10H10F3NO5S2. The summed E-state index contributed by atoms with van der Waals surface area (Å²) in [6.07, 6.45) is -5.15. The molecule has 1 saturated heterocycles. The maximum atomic E-state index is 12.0. The largest absolute Gasteiger partial charge is 0.404 e. The Kier molecular flexibility index (Phi) is 4.04. The number of hydrogen-bond acceptors (Lipinski definition) is 5. The van der Waals surface area contributed by atoms with E-state index in [1.54, 1.807) is 0 Å². The van der Waals surface area contributed by atoms with E-state index in [1.807, 2.05) is 0 Å². The summed E-state index contributed by atoms with van der Waals surface area (Å²) in [6, 6.07) is 5.01. The zero-order valence-electron chi connectivity index (χ0n) is 10.3. The molecule has 0 aliphatic carbocycles. The van der Waals surface area contributed by atoms with Crippen molar-refractivity contribution in [2.24, 2.45) is 0 Å². The van der Waals surface area contributed by atoms with E-state index in [0.29, 0.717) is 12.2 Å². The van der Waals surface area contributed by atoms with Gasteiger partial charge in [-0.25, -0.2) is 16.8 Å². The van der Waals surface area contributed by atoms with E-state index in [4.69, 9.17) is 4.74 Å². The lowest BCUT2D eigenvalue weighted by Crippen LogP contribution is -2.37. The fraction of sp³-hybridized carbons (Fsp3) is 0.400. The molecule has 1 unspecified atom stereocenters. The third-order valence-corrected chi connectivity index (χ3v) is 5.98. The van der Waals surface area contributed by atoms with Crippen LogP contribution in [0.4, 0.5) is 13.2 Å². The lowest BCUT2D eigenvalue weighted by Gasteiger charge is -2.10. The van der Waals surface area contributed by atoms with E-state index in [9.17, 15) is 30.0 Å². The maximum Gasteiger partial charge on any atom is 0.404 e. The maximum absolute atomic E-state index is 12.0. The van der Waals surface area contributed by atoms with Crippen molar-refractivity contribution in [3.63, 3.8) is 0 Å². The Morgan fingerprint density at radius 3 is 2.10 bits per heavy atom. The molecule has 0 bridgehead atoms. The number of sulfonamides is 2. The minimum atomic E-state index is -5.05. The van der Waals surface area contributed by atoms with E-state index in [1.165, 1.54) is 12.1 Å². The molecule has 0 amide bonds. The van der Waals surface area contributed by atoms with Gasteiger partial charge in [-0.2, -0.15) is 13.2 Å². The van der Waals surface area contributed by atoms with E-state index in [-0.39, 0.29) is 6.10 Å². The van der Waals surface area contributed by atoms with Gasteiger partial charge in [0, 0.05) is 0 Å². The van der Waals surface area contributed by atoms with Crippen molar-refractivity contribution in [3.8, 4) is 0 Å². The molecule has 0 aromatic heterocycles. The number of benzene rings is 1. The van der Waals surface area contributed by atoms with Crippen LogP contribution in [0.3, 0.4) is 0 Å². The molecule has 6 nitrogen and oxygen atoms in total. The van der Waals surface area contributed by atoms with E-state index < -0.39 is 36.9 Å².